The van der Waals surface area contributed by atoms with Crippen molar-refractivity contribution in [2.75, 3.05) is 13.2 Å². The van der Waals surface area contributed by atoms with Crippen molar-refractivity contribution in [3.63, 3.8) is 0 Å². The van der Waals surface area contributed by atoms with E-state index in [0.717, 1.165) is 48.1 Å². The monoisotopic (exact) mass is 476 g/mol. The molecule has 1 saturated carbocycles. The minimum atomic E-state index is -0.461. The second-order valence-electron chi connectivity index (χ2n) is 9.28. The first-order valence-electron chi connectivity index (χ1n) is 10.8. The van der Waals surface area contributed by atoms with Crippen molar-refractivity contribution in [3.8, 4) is 11.3 Å². The zero-order valence-electron chi connectivity index (χ0n) is 18.5. The minimum Gasteiger partial charge on any atom is -0.458 e. The van der Waals surface area contributed by atoms with Gasteiger partial charge in [-0.1, -0.05) is 30.3 Å². The lowest BCUT2D eigenvalue weighted by atomic mass is 9.82. The first kappa shape index (κ1) is 23.0. The van der Waals surface area contributed by atoms with Gasteiger partial charge in [0.2, 0.25) is 0 Å². The Morgan fingerprint density at radius 2 is 1.77 bits per heavy atom. The van der Waals surface area contributed by atoms with Gasteiger partial charge in [0.05, 0.1) is 22.5 Å². The van der Waals surface area contributed by atoms with Gasteiger partial charge < -0.3 is 9.47 Å². The van der Waals surface area contributed by atoms with Crippen molar-refractivity contribution in [3.05, 3.63) is 40.5 Å². The standard InChI is InChI=1S/C24H33BrN2O3/c1-17-22(25)23(20-8-6-5-7-9-20)27(26-17)14-18-10-12-19(13-11-18)15-29-16-21(28)30-24(2,3)4/h5-9,18-19H,10-16H2,1-4H3/t18-,19+. The van der Waals surface area contributed by atoms with Crippen molar-refractivity contribution in [1.82, 2.24) is 9.78 Å². The largest absolute Gasteiger partial charge is 0.458 e. The van der Waals surface area contributed by atoms with E-state index in [1.54, 1.807) is 0 Å². The number of benzene rings is 1. The van der Waals surface area contributed by atoms with Crippen LogP contribution in [-0.2, 0) is 20.8 Å². The van der Waals surface area contributed by atoms with Crippen LogP contribution in [0.15, 0.2) is 34.8 Å². The molecule has 3 rings (SSSR count). The van der Waals surface area contributed by atoms with Crippen LogP contribution in [0, 0.1) is 18.8 Å². The van der Waals surface area contributed by atoms with E-state index in [1.807, 2.05) is 33.8 Å². The van der Waals surface area contributed by atoms with Crippen molar-refractivity contribution in [2.24, 2.45) is 11.8 Å². The maximum atomic E-state index is 11.8. The fourth-order valence-electron chi connectivity index (χ4n) is 4.07. The second-order valence-corrected chi connectivity index (χ2v) is 10.1. The number of nitrogens with zero attached hydrogens (tertiary/aromatic N) is 2. The van der Waals surface area contributed by atoms with Crippen LogP contribution in [0.2, 0.25) is 0 Å². The molecule has 0 N–H and O–H groups in total. The number of ether oxygens (including phenoxy) is 2. The molecule has 0 amide bonds. The van der Waals surface area contributed by atoms with Gasteiger partial charge in [-0.3, -0.25) is 4.68 Å². The van der Waals surface area contributed by atoms with Crippen LogP contribution in [0.5, 0.6) is 0 Å². The maximum Gasteiger partial charge on any atom is 0.332 e. The highest BCUT2D eigenvalue weighted by Gasteiger charge is 2.25. The fourth-order valence-corrected chi connectivity index (χ4v) is 4.58. The SMILES string of the molecule is Cc1nn(C[C@H]2CC[C@@H](COCC(=O)OC(C)(C)C)CC2)c(-c2ccccc2)c1Br. The van der Waals surface area contributed by atoms with Gasteiger partial charge in [-0.05, 0) is 81.1 Å². The average Bonchev–Trinajstić information content (AvgIpc) is 2.96. The number of hydrogen-bond donors (Lipinski definition) is 0. The summed E-state index contributed by atoms with van der Waals surface area (Å²) < 4.78 is 14.2. The molecule has 0 atom stereocenters. The smallest absolute Gasteiger partial charge is 0.332 e. The number of rotatable bonds is 7. The highest BCUT2D eigenvalue weighted by atomic mass is 79.9. The Bertz CT molecular complexity index is 834. The predicted octanol–water partition coefficient (Wildman–Crippen LogP) is 5.79. The lowest BCUT2D eigenvalue weighted by molar-refractivity contribution is -0.160. The van der Waals surface area contributed by atoms with Crippen molar-refractivity contribution < 1.29 is 14.3 Å². The first-order chi connectivity index (χ1) is 14.2. The summed E-state index contributed by atoms with van der Waals surface area (Å²) in [5, 5.41) is 4.79. The molecule has 1 aromatic heterocycles. The summed E-state index contributed by atoms with van der Waals surface area (Å²) in [7, 11) is 0. The molecule has 0 aliphatic heterocycles. The molecule has 1 aliphatic carbocycles. The molecule has 1 fully saturated rings. The van der Waals surface area contributed by atoms with Crippen molar-refractivity contribution in [1.29, 1.82) is 0 Å². The first-order valence-corrected chi connectivity index (χ1v) is 11.6. The van der Waals surface area contributed by atoms with E-state index in [4.69, 9.17) is 14.6 Å². The van der Waals surface area contributed by atoms with Crippen molar-refractivity contribution in [2.45, 2.75) is 65.5 Å². The molecular weight excluding hydrogens is 444 g/mol. The number of carbonyl (C=O) groups is 1. The molecule has 5 nitrogen and oxygen atoms in total. The van der Waals surface area contributed by atoms with Gasteiger partial charge in [0.15, 0.2) is 0 Å². The number of carbonyl (C=O) groups excluding carboxylic acids is 1. The Kier molecular flexibility index (Phi) is 7.75. The Morgan fingerprint density at radius 3 is 2.40 bits per heavy atom. The molecule has 0 spiro atoms. The fraction of sp³-hybridized carbons (Fsp3) is 0.583. The van der Waals surface area contributed by atoms with Gasteiger partial charge in [0.1, 0.15) is 12.2 Å². The third-order valence-electron chi connectivity index (χ3n) is 5.49. The third-order valence-corrected chi connectivity index (χ3v) is 6.44. The molecule has 6 heteroatoms. The molecule has 0 bridgehead atoms. The maximum absolute atomic E-state index is 11.8. The number of hydrogen-bond acceptors (Lipinski definition) is 4. The molecule has 164 valence electrons. The van der Waals surface area contributed by atoms with Crippen LogP contribution in [-0.4, -0.2) is 34.6 Å². The summed E-state index contributed by atoms with van der Waals surface area (Å²) >= 11 is 3.73. The third kappa shape index (κ3) is 6.42. The summed E-state index contributed by atoms with van der Waals surface area (Å²) in [5.41, 5.74) is 2.92. The van der Waals surface area contributed by atoms with Crippen LogP contribution in [0.4, 0.5) is 0 Å². The van der Waals surface area contributed by atoms with Crippen LogP contribution < -0.4 is 0 Å². The summed E-state index contributed by atoms with van der Waals surface area (Å²) in [6.07, 6.45) is 4.57. The summed E-state index contributed by atoms with van der Waals surface area (Å²) in [6, 6.07) is 10.4. The molecule has 1 heterocycles. The Morgan fingerprint density at radius 1 is 1.13 bits per heavy atom. The van der Waals surface area contributed by atoms with E-state index in [9.17, 15) is 4.79 Å². The van der Waals surface area contributed by atoms with Gasteiger partial charge in [0, 0.05) is 12.1 Å². The van der Waals surface area contributed by atoms with Crippen molar-refractivity contribution >= 4 is 21.9 Å². The molecule has 0 radical (unpaired) electrons. The van der Waals surface area contributed by atoms with E-state index in [1.165, 1.54) is 5.56 Å². The number of esters is 1. The molecule has 30 heavy (non-hydrogen) atoms. The highest BCUT2D eigenvalue weighted by molar-refractivity contribution is 9.10. The Hall–Kier alpha value is -1.66. The lowest BCUT2D eigenvalue weighted by Gasteiger charge is -2.28. The van der Waals surface area contributed by atoms with Crippen LogP contribution in [0.3, 0.4) is 0 Å². The van der Waals surface area contributed by atoms with Crippen LogP contribution in [0.25, 0.3) is 11.3 Å². The Labute approximate surface area is 188 Å². The molecule has 0 unspecified atom stereocenters. The van der Waals surface area contributed by atoms with Gasteiger partial charge >= 0.3 is 5.97 Å². The van der Waals surface area contributed by atoms with E-state index in [2.05, 4.69) is 44.9 Å². The summed E-state index contributed by atoms with van der Waals surface area (Å²) in [5.74, 6) is 0.841. The Balaban J connectivity index is 1.49. The van der Waals surface area contributed by atoms with Gasteiger partial charge in [-0.25, -0.2) is 4.79 Å². The minimum absolute atomic E-state index is 0.0399. The van der Waals surface area contributed by atoms with Gasteiger partial charge in [0.25, 0.3) is 0 Å². The van der Waals surface area contributed by atoms with Crippen LogP contribution in [0.1, 0.15) is 52.1 Å². The van der Waals surface area contributed by atoms with Gasteiger partial charge in [-0.15, -0.1) is 0 Å². The van der Waals surface area contributed by atoms with Gasteiger partial charge in [-0.2, -0.15) is 5.10 Å². The predicted molar refractivity (Wildman–Crippen MR) is 122 cm³/mol. The molecular formula is C24H33BrN2O3. The lowest BCUT2D eigenvalue weighted by Crippen LogP contribution is -2.28. The zero-order valence-corrected chi connectivity index (χ0v) is 20.1. The molecule has 0 saturated heterocycles. The van der Waals surface area contributed by atoms with Crippen LogP contribution >= 0.6 is 15.9 Å². The molecule has 2 aromatic rings. The summed E-state index contributed by atoms with van der Waals surface area (Å²) in [6.45, 7) is 9.26. The quantitative estimate of drug-likeness (QED) is 0.474. The molecule has 1 aromatic carbocycles. The topological polar surface area (TPSA) is 53.4 Å². The van der Waals surface area contributed by atoms with E-state index >= 15 is 0 Å². The summed E-state index contributed by atoms with van der Waals surface area (Å²) in [4.78, 5) is 11.8. The number of aromatic nitrogens is 2. The number of halogens is 1. The highest BCUT2D eigenvalue weighted by Crippen LogP contribution is 2.34. The average molecular weight is 477 g/mol. The number of aryl methyl sites for hydroxylation is 1. The zero-order chi connectivity index (χ0) is 21.7. The van der Waals surface area contributed by atoms with E-state index in [0.29, 0.717) is 18.4 Å². The second kappa shape index (κ2) is 10.1. The van der Waals surface area contributed by atoms with E-state index < -0.39 is 5.60 Å². The van der Waals surface area contributed by atoms with E-state index in [-0.39, 0.29) is 12.6 Å². The normalized spacial score (nSPS) is 19.6. The molecule has 1 aliphatic rings.